The minimum Gasteiger partial charge on any atom is -0.326 e. The van der Waals surface area contributed by atoms with Crippen LogP contribution in [0, 0.1) is 20.8 Å². The molecule has 0 fully saturated rings. The molecule has 0 saturated carbocycles. The van der Waals surface area contributed by atoms with E-state index in [1.54, 1.807) is 4.68 Å². The quantitative estimate of drug-likeness (QED) is 0.657. The zero-order chi connectivity index (χ0) is 21.4. The highest BCUT2D eigenvalue weighted by atomic mass is 16.2. The molecule has 0 aliphatic carbocycles. The van der Waals surface area contributed by atoms with Crippen LogP contribution in [0.15, 0.2) is 42.5 Å². The molecule has 0 saturated heterocycles. The monoisotopic (exact) mass is 402 g/mol. The van der Waals surface area contributed by atoms with Gasteiger partial charge in [0.05, 0.1) is 12.1 Å². The fourth-order valence-corrected chi connectivity index (χ4v) is 3.79. The van der Waals surface area contributed by atoms with Crippen LogP contribution in [-0.4, -0.2) is 21.6 Å². The Hall–Kier alpha value is -3.41. The molecular formula is C24H26N4O2. The van der Waals surface area contributed by atoms with Gasteiger partial charge in [0.15, 0.2) is 0 Å². The highest BCUT2D eigenvalue weighted by Crippen LogP contribution is 2.38. The number of carbonyl (C=O) groups excluding carboxylic acids is 2. The lowest BCUT2D eigenvalue weighted by atomic mass is 10.0. The lowest BCUT2D eigenvalue weighted by molar-refractivity contribution is -0.123. The number of hydrogen-bond acceptors (Lipinski definition) is 3. The number of amides is 2. The van der Waals surface area contributed by atoms with Crippen molar-refractivity contribution in [2.75, 3.05) is 10.6 Å². The smallest absolute Gasteiger partial charge is 0.251 e. The van der Waals surface area contributed by atoms with Crippen molar-refractivity contribution >= 4 is 23.3 Å². The summed E-state index contributed by atoms with van der Waals surface area (Å²) < 4.78 is 1.68. The molecule has 2 amide bonds. The van der Waals surface area contributed by atoms with E-state index >= 15 is 0 Å². The van der Waals surface area contributed by atoms with Crippen molar-refractivity contribution in [1.82, 2.24) is 9.78 Å². The Bertz CT molecular complexity index is 1130. The summed E-state index contributed by atoms with van der Waals surface area (Å²) in [6.45, 7) is 8.11. The molecule has 154 valence electrons. The lowest BCUT2D eigenvalue weighted by Gasteiger charge is -2.11. The fraction of sp³-hybridized carbons (Fsp3) is 0.292. The molecule has 1 aromatic heterocycles. The van der Waals surface area contributed by atoms with Crippen molar-refractivity contribution in [3.63, 3.8) is 0 Å². The van der Waals surface area contributed by atoms with Gasteiger partial charge in [-0.1, -0.05) is 42.8 Å². The van der Waals surface area contributed by atoms with Crippen LogP contribution in [0.5, 0.6) is 0 Å². The maximum Gasteiger partial charge on any atom is 0.251 e. The van der Waals surface area contributed by atoms with Gasteiger partial charge in [0.2, 0.25) is 5.91 Å². The molecule has 4 rings (SSSR count). The zero-order valence-corrected chi connectivity index (χ0v) is 17.7. The minimum absolute atomic E-state index is 0.0317. The van der Waals surface area contributed by atoms with E-state index in [-0.39, 0.29) is 18.2 Å². The van der Waals surface area contributed by atoms with E-state index in [1.807, 2.05) is 70.2 Å². The second-order valence-electron chi connectivity index (χ2n) is 7.89. The average Bonchev–Trinajstić information content (AvgIpc) is 3.21. The minimum atomic E-state index is -0.656. The molecule has 0 radical (unpaired) electrons. The summed E-state index contributed by atoms with van der Waals surface area (Å²) in [5.74, 6) is 0.255. The highest BCUT2D eigenvalue weighted by Gasteiger charge is 2.36. The number of rotatable bonds is 5. The molecule has 2 N–H and O–H groups in total. The molecule has 1 unspecified atom stereocenters. The summed E-state index contributed by atoms with van der Waals surface area (Å²) >= 11 is 0. The number of hydrogen-bond donors (Lipinski definition) is 2. The van der Waals surface area contributed by atoms with Crippen molar-refractivity contribution in [3.8, 4) is 11.1 Å². The first-order chi connectivity index (χ1) is 14.4. The maximum absolute atomic E-state index is 12.7. The van der Waals surface area contributed by atoms with Gasteiger partial charge in [-0.2, -0.15) is 5.10 Å². The van der Waals surface area contributed by atoms with Gasteiger partial charge < -0.3 is 10.6 Å². The van der Waals surface area contributed by atoms with Crippen LogP contribution in [0.25, 0.3) is 11.1 Å². The van der Waals surface area contributed by atoms with Gasteiger partial charge in [-0.25, -0.2) is 4.68 Å². The Labute approximate surface area is 176 Å². The topological polar surface area (TPSA) is 76.0 Å². The molecule has 1 aliphatic rings. The first-order valence-electron chi connectivity index (χ1n) is 10.2. The van der Waals surface area contributed by atoms with E-state index in [0.29, 0.717) is 5.82 Å². The number of nitrogens with zero attached hydrogens (tertiary/aromatic N) is 2. The maximum atomic E-state index is 12.7. The molecule has 1 aliphatic heterocycles. The molecular weight excluding hydrogens is 376 g/mol. The summed E-state index contributed by atoms with van der Waals surface area (Å²) in [6.07, 6.45) is 0.768. The molecule has 6 nitrogen and oxygen atoms in total. The second-order valence-corrected chi connectivity index (χ2v) is 7.89. The van der Waals surface area contributed by atoms with Crippen molar-refractivity contribution in [3.05, 3.63) is 64.8 Å². The molecule has 0 bridgehead atoms. The van der Waals surface area contributed by atoms with Crippen LogP contribution >= 0.6 is 0 Å². The Kier molecular flexibility index (Phi) is 5.16. The Morgan fingerprint density at radius 3 is 2.50 bits per heavy atom. The molecule has 0 spiro atoms. The highest BCUT2D eigenvalue weighted by molar-refractivity contribution is 6.04. The largest absolute Gasteiger partial charge is 0.326 e. The van der Waals surface area contributed by atoms with E-state index in [1.165, 1.54) is 11.1 Å². The van der Waals surface area contributed by atoms with Crippen LogP contribution in [0.1, 0.15) is 41.8 Å². The van der Waals surface area contributed by atoms with Crippen molar-refractivity contribution in [2.24, 2.45) is 0 Å². The summed E-state index contributed by atoms with van der Waals surface area (Å²) in [4.78, 5) is 25.3. The van der Waals surface area contributed by atoms with E-state index < -0.39 is 6.04 Å². The molecule has 3 aromatic rings. The third kappa shape index (κ3) is 3.61. The fourth-order valence-electron chi connectivity index (χ4n) is 3.79. The van der Waals surface area contributed by atoms with Crippen LogP contribution in [0.4, 0.5) is 11.5 Å². The number of nitrogens with one attached hydrogen (secondary N) is 2. The zero-order valence-electron chi connectivity index (χ0n) is 17.7. The average molecular weight is 402 g/mol. The van der Waals surface area contributed by atoms with Gasteiger partial charge in [-0.3, -0.25) is 9.59 Å². The Balaban J connectivity index is 1.60. The van der Waals surface area contributed by atoms with Gasteiger partial charge in [-0.15, -0.1) is 0 Å². The summed E-state index contributed by atoms with van der Waals surface area (Å²) in [7, 11) is 0. The predicted octanol–water partition coefficient (Wildman–Crippen LogP) is 4.56. The van der Waals surface area contributed by atoms with Crippen LogP contribution in [-0.2, 0) is 16.0 Å². The van der Waals surface area contributed by atoms with Crippen molar-refractivity contribution < 1.29 is 9.59 Å². The van der Waals surface area contributed by atoms with Gasteiger partial charge >= 0.3 is 0 Å². The van der Waals surface area contributed by atoms with Gasteiger partial charge in [0, 0.05) is 11.3 Å². The first kappa shape index (κ1) is 19.9. The standard InChI is InChI=1S/C24H26N4O2/c1-5-19-22(17-9-6-14(2)7-10-17)23-26-24(30)20(28(23)27-19)13-21(29)25-18-11-8-15(3)16(4)12-18/h6-12,20H,5,13H2,1-4H3,(H,25,29)(H,26,30). The van der Waals surface area contributed by atoms with Gasteiger partial charge in [0.1, 0.15) is 11.9 Å². The van der Waals surface area contributed by atoms with Crippen LogP contribution in [0.3, 0.4) is 0 Å². The summed E-state index contributed by atoms with van der Waals surface area (Å²) in [5.41, 5.74) is 7.04. The number of aryl methyl sites for hydroxylation is 4. The number of anilines is 2. The second kappa shape index (κ2) is 7.78. The van der Waals surface area contributed by atoms with Gasteiger partial charge in [-0.05, 0) is 56.0 Å². The normalized spacial score (nSPS) is 15.1. The molecule has 6 heteroatoms. The van der Waals surface area contributed by atoms with Crippen LogP contribution in [0.2, 0.25) is 0 Å². The molecule has 2 heterocycles. The predicted molar refractivity (Wildman–Crippen MR) is 119 cm³/mol. The SMILES string of the molecule is CCc1nn2c(c1-c1ccc(C)cc1)NC(=O)C2CC(=O)Nc1ccc(C)c(C)c1. The summed E-state index contributed by atoms with van der Waals surface area (Å²) in [5, 5.41) is 10.5. The van der Waals surface area contributed by atoms with Crippen LogP contribution < -0.4 is 10.6 Å². The number of aromatic nitrogens is 2. The Morgan fingerprint density at radius 1 is 1.10 bits per heavy atom. The lowest BCUT2D eigenvalue weighted by Crippen LogP contribution is -2.24. The van der Waals surface area contributed by atoms with E-state index in [9.17, 15) is 9.59 Å². The van der Waals surface area contributed by atoms with E-state index in [4.69, 9.17) is 0 Å². The third-order valence-electron chi connectivity index (χ3n) is 5.67. The van der Waals surface area contributed by atoms with E-state index in [2.05, 4.69) is 15.7 Å². The van der Waals surface area contributed by atoms with E-state index in [0.717, 1.165) is 34.5 Å². The first-order valence-corrected chi connectivity index (χ1v) is 10.2. The van der Waals surface area contributed by atoms with Crippen molar-refractivity contribution in [1.29, 1.82) is 0 Å². The van der Waals surface area contributed by atoms with Crippen molar-refractivity contribution in [2.45, 2.75) is 46.6 Å². The number of carbonyl (C=O) groups is 2. The van der Waals surface area contributed by atoms with Gasteiger partial charge in [0.25, 0.3) is 5.91 Å². The Morgan fingerprint density at radius 2 is 1.83 bits per heavy atom. The third-order valence-corrected chi connectivity index (χ3v) is 5.67. The number of fused-ring (bicyclic) bond motifs is 1. The molecule has 1 atom stereocenters. The molecule has 30 heavy (non-hydrogen) atoms. The molecule has 2 aromatic carbocycles. The summed E-state index contributed by atoms with van der Waals surface area (Å²) in [6, 6.07) is 13.3. The number of benzene rings is 2.